The maximum absolute atomic E-state index is 12.4. The van der Waals surface area contributed by atoms with E-state index in [2.05, 4.69) is 13.2 Å². The van der Waals surface area contributed by atoms with E-state index in [1.54, 1.807) is 17.1 Å². The topological polar surface area (TPSA) is 60.9 Å². The highest BCUT2D eigenvalue weighted by molar-refractivity contribution is 6.35. The molecule has 5 nitrogen and oxygen atoms in total. The molecule has 1 N–H and O–H groups in total. The van der Waals surface area contributed by atoms with Crippen LogP contribution in [0.4, 0.5) is 0 Å². The predicted molar refractivity (Wildman–Crippen MR) is 78.0 cm³/mol. The number of carbonyl (C=O) groups is 2. The summed E-state index contributed by atoms with van der Waals surface area (Å²) in [6, 6.07) is -0.0282. The summed E-state index contributed by atoms with van der Waals surface area (Å²) in [5.74, 6) is -0.999. The molecule has 1 atom stereocenters. The largest absolute Gasteiger partial charge is 0.396 e. The van der Waals surface area contributed by atoms with Crippen LogP contribution in [0.2, 0.25) is 0 Å². The summed E-state index contributed by atoms with van der Waals surface area (Å²) in [4.78, 5) is 27.6. The summed E-state index contributed by atoms with van der Waals surface area (Å²) in [5.41, 5.74) is 0. The summed E-state index contributed by atoms with van der Waals surface area (Å²) in [5, 5.41) is 9.07. The van der Waals surface area contributed by atoms with E-state index >= 15 is 0 Å². The highest BCUT2D eigenvalue weighted by Crippen LogP contribution is 2.20. The average Bonchev–Trinajstić information content (AvgIpc) is 2.46. The molecule has 5 heteroatoms. The molecule has 0 aromatic heterocycles. The fraction of sp³-hybridized carbons (Fsp3) is 0.600. The van der Waals surface area contributed by atoms with E-state index < -0.39 is 11.8 Å². The maximum Gasteiger partial charge on any atom is 0.312 e. The lowest BCUT2D eigenvalue weighted by molar-refractivity contribution is -0.153. The zero-order valence-electron chi connectivity index (χ0n) is 12.0. The third-order valence-electron chi connectivity index (χ3n) is 3.52. The molecule has 1 rings (SSSR count). The molecular weight excluding hydrogens is 256 g/mol. The summed E-state index contributed by atoms with van der Waals surface area (Å²) < 4.78 is 0. The molecule has 0 saturated carbocycles. The van der Waals surface area contributed by atoms with Crippen LogP contribution in [0, 0.1) is 0 Å². The van der Waals surface area contributed by atoms with Crippen LogP contribution >= 0.6 is 0 Å². The molecule has 1 fully saturated rings. The molecule has 0 radical (unpaired) electrons. The first-order valence-electron chi connectivity index (χ1n) is 7.08. The van der Waals surface area contributed by atoms with Crippen LogP contribution in [-0.2, 0) is 9.59 Å². The van der Waals surface area contributed by atoms with Gasteiger partial charge in [-0.15, -0.1) is 13.2 Å². The molecule has 1 heterocycles. The smallest absolute Gasteiger partial charge is 0.312 e. The zero-order valence-corrected chi connectivity index (χ0v) is 12.0. The number of aliphatic hydroxyl groups excluding tert-OH is 1. The number of rotatable bonds is 6. The van der Waals surface area contributed by atoms with Crippen LogP contribution in [0.3, 0.4) is 0 Å². The fourth-order valence-electron chi connectivity index (χ4n) is 2.53. The minimum Gasteiger partial charge on any atom is -0.396 e. The van der Waals surface area contributed by atoms with Crippen LogP contribution in [0.25, 0.3) is 0 Å². The van der Waals surface area contributed by atoms with Crippen LogP contribution in [0.1, 0.15) is 25.7 Å². The number of hydrogen-bond donors (Lipinski definition) is 1. The minimum atomic E-state index is -0.519. The number of likely N-dealkylation sites (tertiary alicyclic amines) is 1. The second kappa shape index (κ2) is 8.53. The van der Waals surface area contributed by atoms with E-state index in [1.807, 2.05) is 0 Å². The van der Waals surface area contributed by atoms with Gasteiger partial charge in [-0.2, -0.15) is 0 Å². The Hall–Kier alpha value is -1.62. The quantitative estimate of drug-likeness (QED) is 0.582. The number of hydrogen-bond acceptors (Lipinski definition) is 3. The van der Waals surface area contributed by atoms with Gasteiger partial charge in [-0.1, -0.05) is 12.2 Å². The van der Waals surface area contributed by atoms with E-state index in [1.165, 1.54) is 4.90 Å². The lowest BCUT2D eigenvalue weighted by Crippen LogP contribution is -2.51. The first-order valence-corrected chi connectivity index (χ1v) is 7.08. The summed E-state index contributed by atoms with van der Waals surface area (Å²) in [7, 11) is 0. The van der Waals surface area contributed by atoms with Crippen LogP contribution in [-0.4, -0.2) is 59.0 Å². The third kappa shape index (κ3) is 4.20. The number of carbonyl (C=O) groups excluding carboxylic acids is 2. The van der Waals surface area contributed by atoms with Gasteiger partial charge in [0.15, 0.2) is 0 Å². The molecule has 112 valence electrons. The molecule has 0 aromatic rings. The summed E-state index contributed by atoms with van der Waals surface area (Å²) in [6.07, 6.45) is 6.51. The number of piperidine rings is 1. The minimum absolute atomic E-state index is 0.0282. The zero-order chi connectivity index (χ0) is 15.0. The van der Waals surface area contributed by atoms with E-state index in [-0.39, 0.29) is 12.6 Å². The van der Waals surface area contributed by atoms with Crippen molar-refractivity contribution in [1.29, 1.82) is 0 Å². The van der Waals surface area contributed by atoms with Crippen molar-refractivity contribution < 1.29 is 14.7 Å². The Morgan fingerprint density at radius 3 is 2.45 bits per heavy atom. The van der Waals surface area contributed by atoms with Gasteiger partial charge in [0.05, 0.1) is 0 Å². The lowest BCUT2D eigenvalue weighted by Gasteiger charge is -2.36. The van der Waals surface area contributed by atoms with Gasteiger partial charge in [0.25, 0.3) is 0 Å². The molecule has 0 aromatic carbocycles. The second-order valence-electron chi connectivity index (χ2n) is 4.95. The van der Waals surface area contributed by atoms with Gasteiger partial charge < -0.3 is 14.9 Å². The maximum atomic E-state index is 12.4. The van der Waals surface area contributed by atoms with Crippen molar-refractivity contribution in [3.05, 3.63) is 25.3 Å². The Morgan fingerprint density at radius 1 is 1.25 bits per heavy atom. The van der Waals surface area contributed by atoms with Crippen molar-refractivity contribution in [2.75, 3.05) is 26.2 Å². The number of nitrogens with zero attached hydrogens (tertiary/aromatic N) is 2. The standard InChI is InChI=1S/C15H24N2O3/c1-3-9-16(10-4-2)14(19)15(20)17-11-6-5-7-13(17)8-12-18/h3-4,13,18H,1-2,5-12H2. The van der Waals surface area contributed by atoms with Crippen molar-refractivity contribution >= 4 is 11.8 Å². The Morgan fingerprint density at radius 2 is 1.90 bits per heavy atom. The Bertz CT molecular complexity index is 356. The van der Waals surface area contributed by atoms with Gasteiger partial charge in [0.1, 0.15) is 0 Å². The van der Waals surface area contributed by atoms with Gasteiger partial charge in [-0.25, -0.2) is 0 Å². The monoisotopic (exact) mass is 280 g/mol. The number of aliphatic hydroxyl groups is 1. The molecule has 2 amide bonds. The molecule has 1 saturated heterocycles. The normalized spacial score (nSPS) is 18.4. The van der Waals surface area contributed by atoms with Crippen molar-refractivity contribution in [3.63, 3.8) is 0 Å². The summed E-state index contributed by atoms with van der Waals surface area (Å²) >= 11 is 0. The van der Waals surface area contributed by atoms with E-state index in [0.29, 0.717) is 26.1 Å². The van der Waals surface area contributed by atoms with Crippen LogP contribution < -0.4 is 0 Å². The first-order chi connectivity index (χ1) is 9.65. The van der Waals surface area contributed by atoms with Gasteiger partial charge in [-0.3, -0.25) is 9.59 Å². The molecule has 1 unspecified atom stereocenters. The lowest BCUT2D eigenvalue weighted by atomic mass is 9.99. The predicted octanol–water partition coefficient (Wildman–Crippen LogP) is 0.950. The van der Waals surface area contributed by atoms with Crippen LogP contribution in [0.5, 0.6) is 0 Å². The van der Waals surface area contributed by atoms with E-state index in [0.717, 1.165) is 19.3 Å². The molecule has 0 bridgehead atoms. The van der Waals surface area contributed by atoms with Crippen LogP contribution in [0.15, 0.2) is 25.3 Å². The SMILES string of the molecule is C=CCN(CC=C)C(=O)C(=O)N1CCCCC1CCO. The van der Waals surface area contributed by atoms with Crippen molar-refractivity contribution in [1.82, 2.24) is 9.80 Å². The molecule has 0 aliphatic carbocycles. The van der Waals surface area contributed by atoms with E-state index in [4.69, 9.17) is 5.11 Å². The fourth-order valence-corrected chi connectivity index (χ4v) is 2.53. The summed E-state index contributed by atoms with van der Waals surface area (Å²) in [6.45, 7) is 8.47. The van der Waals surface area contributed by atoms with Crippen molar-refractivity contribution in [3.8, 4) is 0 Å². The highest BCUT2D eigenvalue weighted by atomic mass is 16.3. The van der Waals surface area contributed by atoms with Crippen molar-refractivity contribution in [2.24, 2.45) is 0 Å². The third-order valence-corrected chi connectivity index (χ3v) is 3.52. The van der Waals surface area contributed by atoms with E-state index in [9.17, 15) is 9.59 Å². The highest BCUT2D eigenvalue weighted by Gasteiger charge is 2.32. The Balaban J connectivity index is 2.75. The molecular formula is C15H24N2O3. The second-order valence-corrected chi connectivity index (χ2v) is 4.95. The first kappa shape index (κ1) is 16.4. The van der Waals surface area contributed by atoms with Crippen molar-refractivity contribution in [2.45, 2.75) is 31.7 Å². The molecule has 0 spiro atoms. The van der Waals surface area contributed by atoms with Gasteiger partial charge in [-0.05, 0) is 25.7 Å². The Labute approximate surface area is 120 Å². The van der Waals surface area contributed by atoms with Gasteiger partial charge in [0.2, 0.25) is 0 Å². The molecule has 20 heavy (non-hydrogen) atoms. The average molecular weight is 280 g/mol. The number of amides is 2. The molecule has 1 aliphatic rings. The van der Waals surface area contributed by atoms with Gasteiger partial charge in [0, 0.05) is 32.3 Å². The van der Waals surface area contributed by atoms with Gasteiger partial charge >= 0.3 is 11.8 Å². The Kier molecular flexibility index (Phi) is 7.01. The molecule has 1 aliphatic heterocycles.